The summed E-state index contributed by atoms with van der Waals surface area (Å²) in [6.07, 6.45) is 7.28. The van der Waals surface area contributed by atoms with Gasteiger partial charge in [0.15, 0.2) is 0 Å². The zero-order chi connectivity index (χ0) is 26.6. The fourth-order valence-electron chi connectivity index (χ4n) is 2.36. The molecule has 0 atom stereocenters. The van der Waals surface area contributed by atoms with Gasteiger partial charge in [-0.3, -0.25) is 4.79 Å². The van der Waals surface area contributed by atoms with Crippen LogP contribution in [0, 0.1) is 5.92 Å². The molecular formula is C28H40O7. The number of esters is 3. The molecule has 1 aromatic carbocycles. The van der Waals surface area contributed by atoms with Gasteiger partial charge in [0.25, 0.3) is 0 Å². The summed E-state index contributed by atoms with van der Waals surface area (Å²) in [4.78, 5) is 34.2. The zero-order valence-corrected chi connectivity index (χ0v) is 21.9. The van der Waals surface area contributed by atoms with Crippen molar-refractivity contribution in [3.05, 3.63) is 66.2 Å². The Morgan fingerprint density at radius 3 is 2.06 bits per heavy atom. The van der Waals surface area contributed by atoms with E-state index in [2.05, 4.69) is 27.4 Å². The maximum atomic E-state index is 12.3. The van der Waals surface area contributed by atoms with Gasteiger partial charge in [-0.2, -0.15) is 0 Å². The van der Waals surface area contributed by atoms with E-state index in [1.165, 1.54) is 6.92 Å². The van der Waals surface area contributed by atoms with E-state index in [-0.39, 0.29) is 0 Å². The van der Waals surface area contributed by atoms with Gasteiger partial charge in [0, 0.05) is 19.4 Å². The van der Waals surface area contributed by atoms with Crippen molar-refractivity contribution in [2.75, 3.05) is 13.2 Å². The summed E-state index contributed by atoms with van der Waals surface area (Å²) >= 11 is 0. The summed E-state index contributed by atoms with van der Waals surface area (Å²) in [6.45, 7) is 15.5. The number of carbonyl (C=O) groups excluding carboxylic acids is 3. The lowest BCUT2D eigenvalue weighted by atomic mass is 10.2. The molecule has 0 spiro atoms. The number of carbonyl (C=O) groups is 3. The number of ether oxygens (including phenoxy) is 4. The van der Waals surface area contributed by atoms with Gasteiger partial charge in [-0.1, -0.05) is 34.3 Å². The van der Waals surface area contributed by atoms with Crippen LogP contribution in [0.5, 0.6) is 5.75 Å². The maximum Gasteiger partial charge on any atom is 0.343 e. The Balaban J connectivity index is 0.00000267. The third-order valence-electron chi connectivity index (χ3n) is 3.94. The molecule has 1 rings (SSSR count). The van der Waals surface area contributed by atoms with Crippen LogP contribution in [-0.4, -0.2) is 31.1 Å². The lowest BCUT2D eigenvalue weighted by Crippen LogP contribution is -2.05. The smallest absolute Gasteiger partial charge is 0.343 e. The molecule has 35 heavy (non-hydrogen) atoms. The molecule has 7 nitrogen and oxygen atoms in total. The molecule has 7 heteroatoms. The second kappa shape index (κ2) is 19.0. The van der Waals surface area contributed by atoms with Gasteiger partial charge < -0.3 is 18.9 Å². The summed E-state index contributed by atoms with van der Waals surface area (Å²) in [6, 6.07) is 6.70. The second-order valence-electron chi connectivity index (χ2n) is 8.28. The summed E-state index contributed by atoms with van der Waals surface area (Å²) in [5.41, 5.74) is 0.399. The number of benzene rings is 1. The molecule has 0 unspecified atom stereocenters. The molecule has 0 aliphatic heterocycles. The van der Waals surface area contributed by atoms with Crippen LogP contribution in [0.15, 0.2) is 60.6 Å². The van der Waals surface area contributed by atoms with Gasteiger partial charge in [-0.15, -0.1) is 0 Å². The highest BCUT2D eigenvalue weighted by Crippen LogP contribution is 2.16. The van der Waals surface area contributed by atoms with Crippen LogP contribution >= 0.6 is 0 Å². The van der Waals surface area contributed by atoms with Gasteiger partial charge in [0.05, 0.1) is 18.8 Å². The van der Waals surface area contributed by atoms with Gasteiger partial charge in [0.1, 0.15) is 17.3 Å². The zero-order valence-electron chi connectivity index (χ0n) is 21.9. The average molecular weight is 489 g/mol. The first-order valence-electron chi connectivity index (χ1n) is 11.9. The van der Waals surface area contributed by atoms with E-state index in [1.807, 2.05) is 6.92 Å². The van der Waals surface area contributed by atoms with Crippen LogP contribution < -0.4 is 4.74 Å². The fraction of sp³-hybridized carbons (Fsp3) is 0.464. The van der Waals surface area contributed by atoms with Crippen LogP contribution in [0.25, 0.3) is 0 Å². The summed E-state index contributed by atoms with van der Waals surface area (Å²) < 4.78 is 20.9. The summed E-state index contributed by atoms with van der Waals surface area (Å²) in [5.74, 6) is 1.05. The Morgan fingerprint density at radius 1 is 0.914 bits per heavy atom. The highest BCUT2D eigenvalue weighted by Gasteiger charge is 2.09. The third kappa shape index (κ3) is 17.7. The first kappa shape index (κ1) is 31.6. The molecule has 0 heterocycles. The average Bonchev–Trinajstić information content (AvgIpc) is 2.80. The van der Waals surface area contributed by atoms with Gasteiger partial charge in [0.2, 0.25) is 0 Å². The number of unbranched alkanes of at least 4 members (excludes halogenated alkanes) is 2. The monoisotopic (exact) mass is 488 g/mol. The molecule has 0 aliphatic rings. The molecule has 1 aromatic rings. The van der Waals surface area contributed by atoms with Crippen molar-refractivity contribution in [1.29, 1.82) is 0 Å². The molecule has 0 N–H and O–H groups in total. The minimum Gasteiger partial charge on any atom is -0.494 e. The number of rotatable bonds is 13. The Hall–Kier alpha value is -3.35. The highest BCUT2D eigenvalue weighted by molar-refractivity contribution is 5.90. The lowest BCUT2D eigenvalue weighted by molar-refractivity contribution is -0.138. The molecule has 0 aromatic heterocycles. The van der Waals surface area contributed by atoms with E-state index in [0.717, 1.165) is 31.3 Å². The van der Waals surface area contributed by atoms with Crippen LogP contribution in [0.4, 0.5) is 0 Å². The molecule has 194 valence electrons. The third-order valence-corrected chi connectivity index (χ3v) is 3.94. The van der Waals surface area contributed by atoms with E-state index in [9.17, 15) is 14.4 Å². The highest BCUT2D eigenvalue weighted by atomic mass is 16.5. The van der Waals surface area contributed by atoms with Crippen molar-refractivity contribution in [3.63, 3.8) is 0 Å². The molecule has 0 aliphatic carbocycles. The maximum absolute atomic E-state index is 12.3. The minimum atomic E-state index is -0.479. The fourth-order valence-corrected chi connectivity index (χ4v) is 2.36. The van der Waals surface area contributed by atoms with E-state index in [4.69, 9.17) is 18.9 Å². The van der Waals surface area contributed by atoms with E-state index in [1.54, 1.807) is 43.3 Å². The molecule has 0 saturated heterocycles. The predicted molar refractivity (Wildman–Crippen MR) is 137 cm³/mol. The number of hydrogen-bond donors (Lipinski definition) is 0. The Bertz CT molecular complexity index is 846. The largest absolute Gasteiger partial charge is 0.494 e. The van der Waals surface area contributed by atoms with Crippen molar-refractivity contribution < 1.29 is 33.3 Å². The quantitative estimate of drug-likeness (QED) is 0.0777. The molecule has 0 radical (unpaired) electrons. The Kier molecular flexibility index (Phi) is 17.2. The Morgan fingerprint density at radius 2 is 1.51 bits per heavy atom. The van der Waals surface area contributed by atoms with Crippen molar-refractivity contribution in [2.45, 2.75) is 67.2 Å². The second-order valence-corrected chi connectivity index (χ2v) is 8.28. The van der Waals surface area contributed by atoms with Crippen molar-refractivity contribution in [3.8, 4) is 5.75 Å². The van der Waals surface area contributed by atoms with Crippen molar-refractivity contribution >= 4 is 17.9 Å². The van der Waals surface area contributed by atoms with Gasteiger partial charge in [-0.25, -0.2) is 9.59 Å². The predicted octanol–water partition coefficient (Wildman–Crippen LogP) is 6.54. The summed E-state index contributed by atoms with van der Waals surface area (Å²) in [7, 11) is 0. The van der Waals surface area contributed by atoms with Crippen LogP contribution in [0.3, 0.4) is 0 Å². The van der Waals surface area contributed by atoms with Crippen molar-refractivity contribution in [1.82, 2.24) is 0 Å². The van der Waals surface area contributed by atoms with Crippen molar-refractivity contribution in [2.24, 2.45) is 5.92 Å². The molecule has 0 amide bonds. The molecular weight excluding hydrogens is 448 g/mol. The first-order valence-corrected chi connectivity index (χ1v) is 11.9. The molecule has 0 saturated carbocycles. The van der Waals surface area contributed by atoms with E-state index >= 15 is 0 Å². The summed E-state index contributed by atoms with van der Waals surface area (Å²) in [5, 5.41) is 0. The lowest BCUT2D eigenvalue weighted by Gasteiger charge is -2.09. The number of hydrogen-bond acceptors (Lipinski definition) is 7. The standard InChI is InChI=1S/C24H30O7.C4H10/c1-5-21(13-10-18(3)30-19(4)25)31-24(27)20-11-14-22(15-12-20)28-16-8-7-9-17-29-23(26)6-2;1-4(2)3/h6,10-15H,2,5,7-9,16-17H2,1,3-4H3;4H,1-3H3/b18-10+,21-13+;. The first-order chi connectivity index (χ1) is 16.6. The van der Waals surface area contributed by atoms with Gasteiger partial charge >= 0.3 is 17.9 Å². The Labute approximate surface area is 209 Å². The molecule has 0 bridgehead atoms. The van der Waals surface area contributed by atoms with E-state index in [0.29, 0.717) is 42.5 Å². The molecule has 0 fully saturated rings. The number of allylic oxidation sites excluding steroid dienone is 4. The topological polar surface area (TPSA) is 88.1 Å². The normalized spacial score (nSPS) is 11.2. The van der Waals surface area contributed by atoms with Crippen LogP contribution in [0.1, 0.15) is 77.6 Å². The van der Waals surface area contributed by atoms with E-state index < -0.39 is 17.9 Å². The van der Waals surface area contributed by atoms with Gasteiger partial charge in [-0.05, 0) is 68.5 Å². The van der Waals surface area contributed by atoms with Crippen LogP contribution in [0.2, 0.25) is 0 Å². The minimum absolute atomic E-state index is 0.370. The SMILES string of the molecule is C=CC(=O)OCCCCCOc1ccc(C(=O)O/C(=C/C=C(\C)OC(C)=O)CC)cc1.CC(C)C. The van der Waals surface area contributed by atoms with Crippen LogP contribution in [-0.2, 0) is 23.8 Å².